The minimum absolute atomic E-state index is 0.0120. The normalized spacial score (nSPS) is 17.6. The SMILES string of the molecule is CCc1ccc(Oc2ccccc2)c([C@]2(C(=O)NS(=O)(=O)c3cccc4nc(C)ccc34)CCCO2)c1. The van der Waals surface area contributed by atoms with Crippen molar-refractivity contribution in [1.29, 1.82) is 0 Å². The summed E-state index contributed by atoms with van der Waals surface area (Å²) in [5.41, 5.74) is 1.29. The lowest BCUT2D eigenvalue weighted by Crippen LogP contribution is -2.46. The minimum atomic E-state index is -4.23. The van der Waals surface area contributed by atoms with E-state index in [0.29, 0.717) is 47.4 Å². The number of hydrogen-bond donors (Lipinski definition) is 1. The Labute approximate surface area is 216 Å². The van der Waals surface area contributed by atoms with Gasteiger partial charge in [0, 0.05) is 23.3 Å². The molecule has 3 aromatic carbocycles. The number of amides is 1. The molecule has 1 aromatic heterocycles. The van der Waals surface area contributed by atoms with Crippen LogP contribution in [0.25, 0.3) is 10.9 Å². The Balaban J connectivity index is 1.56. The maximum atomic E-state index is 13.9. The number of pyridine rings is 1. The smallest absolute Gasteiger partial charge is 0.270 e. The highest BCUT2D eigenvalue weighted by Gasteiger charge is 2.48. The van der Waals surface area contributed by atoms with Gasteiger partial charge in [-0.3, -0.25) is 9.78 Å². The van der Waals surface area contributed by atoms with E-state index in [1.807, 2.05) is 62.4 Å². The van der Waals surface area contributed by atoms with Crippen LogP contribution in [-0.4, -0.2) is 25.9 Å². The molecule has 1 amide bonds. The zero-order valence-electron chi connectivity index (χ0n) is 20.7. The van der Waals surface area contributed by atoms with Gasteiger partial charge in [-0.15, -0.1) is 0 Å². The first-order valence-electron chi connectivity index (χ1n) is 12.3. The molecular weight excluding hydrogens is 488 g/mol. The third kappa shape index (κ3) is 4.82. The number of sulfonamides is 1. The summed E-state index contributed by atoms with van der Waals surface area (Å²) in [5.74, 6) is 0.309. The Morgan fingerprint density at radius 2 is 1.86 bits per heavy atom. The molecule has 0 saturated carbocycles. The number of hydrogen-bond acceptors (Lipinski definition) is 6. The summed E-state index contributed by atoms with van der Waals surface area (Å²) in [7, 11) is -4.23. The lowest BCUT2D eigenvalue weighted by molar-refractivity contribution is -0.140. The van der Waals surface area contributed by atoms with Gasteiger partial charge in [-0.25, -0.2) is 13.1 Å². The molecule has 1 fully saturated rings. The van der Waals surface area contributed by atoms with Crippen LogP contribution in [0.3, 0.4) is 0 Å². The molecule has 8 heteroatoms. The average Bonchev–Trinajstić information content (AvgIpc) is 3.40. The lowest BCUT2D eigenvalue weighted by atomic mass is 9.88. The van der Waals surface area contributed by atoms with Crippen molar-refractivity contribution >= 4 is 26.8 Å². The lowest BCUT2D eigenvalue weighted by Gasteiger charge is -2.29. The van der Waals surface area contributed by atoms with Crippen LogP contribution in [0.2, 0.25) is 0 Å². The van der Waals surface area contributed by atoms with E-state index in [9.17, 15) is 13.2 Å². The van der Waals surface area contributed by atoms with Crippen molar-refractivity contribution < 1.29 is 22.7 Å². The van der Waals surface area contributed by atoms with Gasteiger partial charge < -0.3 is 9.47 Å². The van der Waals surface area contributed by atoms with E-state index in [1.54, 1.807) is 24.3 Å². The Morgan fingerprint density at radius 3 is 2.59 bits per heavy atom. The van der Waals surface area contributed by atoms with Crippen molar-refractivity contribution in [3.05, 3.63) is 95.7 Å². The molecule has 190 valence electrons. The number of carbonyl (C=O) groups is 1. The second-order valence-electron chi connectivity index (χ2n) is 9.09. The van der Waals surface area contributed by atoms with Gasteiger partial charge >= 0.3 is 0 Å². The van der Waals surface area contributed by atoms with E-state index in [0.717, 1.165) is 17.7 Å². The van der Waals surface area contributed by atoms with Gasteiger partial charge in [0.2, 0.25) is 0 Å². The van der Waals surface area contributed by atoms with Gasteiger partial charge in [-0.2, -0.15) is 0 Å². The quantitative estimate of drug-likeness (QED) is 0.353. The average molecular weight is 517 g/mol. The number of nitrogens with zero attached hydrogens (tertiary/aromatic N) is 1. The zero-order chi connectivity index (χ0) is 26.0. The number of fused-ring (bicyclic) bond motifs is 1. The highest BCUT2D eigenvalue weighted by atomic mass is 32.2. The summed E-state index contributed by atoms with van der Waals surface area (Å²) in [6, 6.07) is 23.1. The number of aromatic nitrogens is 1. The van der Waals surface area contributed by atoms with Gasteiger partial charge in [0.05, 0.1) is 10.4 Å². The highest BCUT2D eigenvalue weighted by molar-refractivity contribution is 7.90. The molecule has 5 rings (SSSR count). The van der Waals surface area contributed by atoms with Crippen molar-refractivity contribution in [2.75, 3.05) is 6.61 Å². The number of ether oxygens (including phenoxy) is 2. The van der Waals surface area contributed by atoms with Crippen LogP contribution in [0.15, 0.2) is 83.8 Å². The monoisotopic (exact) mass is 516 g/mol. The van der Waals surface area contributed by atoms with Crippen LogP contribution < -0.4 is 9.46 Å². The molecular formula is C29H28N2O5S. The molecule has 1 aliphatic rings. The molecule has 0 bridgehead atoms. The molecule has 0 spiro atoms. The first-order valence-corrected chi connectivity index (χ1v) is 13.7. The van der Waals surface area contributed by atoms with Crippen LogP contribution in [-0.2, 0) is 31.6 Å². The summed E-state index contributed by atoms with van der Waals surface area (Å²) in [4.78, 5) is 18.3. The fraction of sp³-hybridized carbons (Fsp3) is 0.241. The second kappa shape index (κ2) is 9.95. The molecule has 4 aromatic rings. The predicted molar refractivity (Wildman–Crippen MR) is 141 cm³/mol. The highest BCUT2D eigenvalue weighted by Crippen LogP contribution is 2.43. The molecule has 2 heterocycles. The fourth-order valence-corrected chi connectivity index (χ4v) is 5.93. The number of nitrogens with one attached hydrogen (secondary N) is 1. The maximum Gasteiger partial charge on any atom is 0.270 e. The largest absolute Gasteiger partial charge is 0.457 e. The van der Waals surface area contributed by atoms with Gasteiger partial charge in [0.1, 0.15) is 11.5 Å². The molecule has 0 radical (unpaired) electrons. The third-order valence-electron chi connectivity index (χ3n) is 6.59. The molecule has 1 N–H and O–H groups in total. The second-order valence-corrected chi connectivity index (χ2v) is 10.7. The van der Waals surface area contributed by atoms with Crippen molar-refractivity contribution in [1.82, 2.24) is 9.71 Å². The summed E-state index contributed by atoms with van der Waals surface area (Å²) in [6.45, 7) is 4.18. The van der Waals surface area contributed by atoms with Crippen molar-refractivity contribution in [3.8, 4) is 11.5 Å². The van der Waals surface area contributed by atoms with Crippen LogP contribution in [0.4, 0.5) is 0 Å². The van der Waals surface area contributed by atoms with Crippen LogP contribution >= 0.6 is 0 Å². The zero-order valence-corrected chi connectivity index (χ0v) is 21.5. The van der Waals surface area contributed by atoms with E-state index < -0.39 is 21.5 Å². The summed E-state index contributed by atoms with van der Waals surface area (Å²) in [6.07, 6.45) is 1.66. The Hall–Kier alpha value is -3.75. The number of carbonyl (C=O) groups excluding carboxylic acids is 1. The maximum absolute atomic E-state index is 13.9. The molecule has 1 saturated heterocycles. The molecule has 0 aliphatic carbocycles. The topological polar surface area (TPSA) is 94.6 Å². The number of rotatable bonds is 7. The number of aryl methyl sites for hydroxylation is 2. The molecule has 1 atom stereocenters. The van der Waals surface area contributed by atoms with Crippen molar-refractivity contribution in [2.24, 2.45) is 0 Å². The van der Waals surface area contributed by atoms with Crippen LogP contribution in [0.1, 0.15) is 36.6 Å². The van der Waals surface area contributed by atoms with E-state index in [1.165, 1.54) is 6.07 Å². The van der Waals surface area contributed by atoms with Crippen LogP contribution in [0, 0.1) is 6.92 Å². The van der Waals surface area contributed by atoms with E-state index in [2.05, 4.69) is 9.71 Å². The Bertz CT molecular complexity index is 1560. The summed E-state index contributed by atoms with van der Waals surface area (Å²) in [5, 5.41) is 0.441. The first-order chi connectivity index (χ1) is 17.8. The van der Waals surface area contributed by atoms with Gasteiger partial charge in [0.15, 0.2) is 5.60 Å². The van der Waals surface area contributed by atoms with Crippen molar-refractivity contribution in [2.45, 2.75) is 43.6 Å². The molecule has 7 nitrogen and oxygen atoms in total. The van der Waals surface area contributed by atoms with Crippen LogP contribution in [0.5, 0.6) is 11.5 Å². The predicted octanol–water partition coefficient (Wildman–Crippen LogP) is 5.41. The van der Waals surface area contributed by atoms with Gasteiger partial charge in [-0.05, 0) is 80.3 Å². The number of para-hydroxylation sites is 1. The van der Waals surface area contributed by atoms with E-state index in [-0.39, 0.29) is 4.90 Å². The Kier molecular flexibility index (Phi) is 6.70. The Morgan fingerprint density at radius 1 is 1.05 bits per heavy atom. The fourth-order valence-electron chi connectivity index (χ4n) is 4.69. The standard InChI is InChI=1S/C29H28N2O5S/c1-3-21-14-16-26(36-22-9-5-4-6-10-22)24(19-21)29(17-8-18-35-29)28(32)31-37(33,34)27-12-7-11-25-23(27)15-13-20(2)30-25/h4-7,9-16,19H,3,8,17-18H2,1-2H3,(H,31,32)/t29-/m0/s1. The minimum Gasteiger partial charge on any atom is -0.457 e. The molecule has 1 aliphatic heterocycles. The van der Waals surface area contributed by atoms with Gasteiger partial charge in [0.25, 0.3) is 15.9 Å². The number of benzene rings is 3. The third-order valence-corrected chi connectivity index (χ3v) is 7.98. The van der Waals surface area contributed by atoms with E-state index >= 15 is 0 Å². The molecule has 0 unspecified atom stereocenters. The van der Waals surface area contributed by atoms with E-state index in [4.69, 9.17) is 9.47 Å². The first kappa shape index (κ1) is 24.9. The van der Waals surface area contributed by atoms with Crippen molar-refractivity contribution in [3.63, 3.8) is 0 Å². The summed E-state index contributed by atoms with van der Waals surface area (Å²) < 4.78 is 41.6. The summed E-state index contributed by atoms with van der Waals surface area (Å²) >= 11 is 0. The molecule has 37 heavy (non-hydrogen) atoms. The van der Waals surface area contributed by atoms with Gasteiger partial charge in [-0.1, -0.05) is 37.3 Å².